The highest BCUT2D eigenvalue weighted by Crippen LogP contribution is 2.22. The van der Waals surface area contributed by atoms with Crippen LogP contribution in [0.3, 0.4) is 0 Å². The molecular weight excluding hydrogens is 292 g/mol. The van der Waals surface area contributed by atoms with E-state index in [4.69, 9.17) is 15.2 Å². The number of nitrogens with one attached hydrogen (secondary N) is 1. The Hall–Kier alpha value is -1.15. The van der Waals surface area contributed by atoms with Gasteiger partial charge in [-0.3, -0.25) is 0 Å². The number of rotatable bonds is 9. The van der Waals surface area contributed by atoms with Gasteiger partial charge in [-0.2, -0.15) is 0 Å². The average Bonchev–Trinajstić information content (AvgIpc) is 2.43. The van der Waals surface area contributed by atoms with E-state index in [1.165, 1.54) is 13.2 Å². The molecule has 0 unspecified atom stereocenters. The van der Waals surface area contributed by atoms with Crippen molar-refractivity contribution in [2.75, 3.05) is 26.8 Å². The number of methoxy groups -OCH3 is 1. The summed E-state index contributed by atoms with van der Waals surface area (Å²) < 4.78 is 37.6. The van der Waals surface area contributed by atoms with E-state index in [9.17, 15) is 8.42 Å². The summed E-state index contributed by atoms with van der Waals surface area (Å²) in [6.07, 6.45) is 0.541. The Morgan fingerprint density at radius 2 is 2.05 bits per heavy atom. The van der Waals surface area contributed by atoms with Crippen LogP contribution >= 0.6 is 0 Å². The molecule has 0 aliphatic heterocycles. The van der Waals surface area contributed by atoms with E-state index in [0.717, 1.165) is 0 Å². The Bertz CT molecular complexity index is 544. The van der Waals surface area contributed by atoms with Crippen molar-refractivity contribution in [3.05, 3.63) is 23.8 Å². The van der Waals surface area contributed by atoms with Gasteiger partial charge in [-0.25, -0.2) is 13.1 Å². The quantitative estimate of drug-likeness (QED) is 0.661. The molecular formula is C14H24N2O4S. The molecule has 0 heterocycles. The van der Waals surface area contributed by atoms with Gasteiger partial charge in [-0.05, 0) is 50.6 Å². The van der Waals surface area contributed by atoms with E-state index in [0.29, 0.717) is 30.9 Å². The minimum atomic E-state index is -3.58. The predicted molar refractivity (Wildman–Crippen MR) is 82.0 cm³/mol. The minimum Gasteiger partial charge on any atom is -0.497 e. The Balaban J connectivity index is 2.86. The molecule has 1 aromatic carbocycles. The SMILES string of the molecule is COc1ccc(S(=O)(=O)NCCOC(C)C)c(CCN)c1. The third kappa shape index (κ3) is 5.62. The van der Waals surface area contributed by atoms with Gasteiger partial charge in [0.25, 0.3) is 0 Å². The zero-order valence-electron chi connectivity index (χ0n) is 12.8. The van der Waals surface area contributed by atoms with Crippen molar-refractivity contribution in [2.24, 2.45) is 5.73 Å². The molecule has 21 heavy (non-hydrogen) atoms. The Labute approximate surface area is 126 Å². The van der Waals surface area contributed by atoms with Crippen molar-refractivity contribution in [3.63, 3.8) is 0 Å². The molecule has 0 amide bonds. The summed E-state index contributed by atoms with van der Waals surface area (Å²) >= 11 is 0. The van der Waals surface area contributed by atoms with Gasteiger partial charge in [0.1, 0.15) is 5.75 Å². The lowest BCUT2D eigenvalue weighted by Crippen LogP contribution is -2.29. The van der Waals surface area contributed by atoms with E-state index >= 15 is 0 Å². The van der Waals surface area contributed by atoms with E-state index in [2.05, 4.69) is 4.72 Å². The van der Waals surface area contributed by atoms with Gasteiger partial charge in [0.05, 0.1) is 24.7 Å². The summed E-state index contributed by atoms with van der Waals surface area (Å²) in [4.78, 5) is 0.235. The maximum Gasteiger partial charge on any atom is 0.240 e. The van der Waals surface area contributed by atoms with Gasteiger partial charge in [0, 0.05) is 6.54 Å². The minimum absolute atomic E-state index is 0.0725. The Morgan fingerprint density at radius 3 is 2.62 bits per heavy atom. The Kier molecular flexibility index (Phi) is 7.10. The first-order valence-electron chi connectivity index (χ1n) is 6.89. The lowest BCUT2D eigenvalue weighted by atomic mass is 10.1. The second-order valence-corrected chi connectivity index (χ2v) is 6.57. The van der Waals surface area contributed by atoms with Crippen LogP contribution in [0.5, 0.6) is 5.75 Å². The number of benzene rings is 1. The van der Waals surface area contributed by atoms with E-state index in [1.54, 1.807) is 12.1 Å². The normalized spacial score (nSPS) is 11.9. The average molecular weight is 316 g/mol. The largest absolute Gasteiger partial charge is 0.497 e. The van der Waals surface area contributed by atoms with Crippen molar-refractivity contribution in [1.29, 1.82) is 0 Å². The van der Waals surface area contributed by atoms with Crippen LogP contribution in [0.15, 0.2) is 23.1 Å². The fourth-order valence-corrected chi connectivity index (χ4v) is 3.11. The Morgan fingerprint density at radius 1 is 1.33 bits per heavy atom. The zero-order valence-corrected chi connectivity index (χ0v) is 13.6. The smallest absolute Gasteiger partial charge is 0.240 e. The van der Waals surface area contributed by atoms with Crippen LogP contribution in [0.1, 0.15) is 19.4 Å². The summed E-state index contributed by atoms with van der Waals surface area (Å²) in [5.41, 5.74) is 6.19. The van der Waals surface area contributed by atoms with Crippen LogP contribution in [0.4, 0.5) is 0 Å². The van der Waals surface area contributed by atoms with Crippen molar-refractivity contribution < 1.29 is 17.9 Å². The van der Waals surface area contributed by atoms with Crippen LogP contribution in [0, 0.1) is 0 Å². The van der Waals surface area contributed by atoms with Crippen LogP contribution < -0.4 is 15.2 Å². The van der Waals surface area contributed by atoms with Gasteiger partial charge >= 0.3 is 0 Å². The molecule has 3 N–H and O–H groups in total. The van der Waals surface area contributed by atoms with Crippen molar-refractivity contribution in [2.45, 2.75) is 31.3 Å². The van der Waals surface area contributed by atoms with Gasteiger partial charge in [-0.15, -0.1) is 0 Å². The molecule has 0 saturated heterocycles. The molecule has 0 aliphatic carbocycles. The highest BCUT2D eigenvalue weighted by Gasteiger charge is 2.18. The van der Waals surface area contributed by atoms with Gasteiger partial charge in [0.2, 0.25) is 10.0 Å². The van der Waals surface area contributed by atoms with Crippen LogP contribution in [-0.2, 0) is 21.2 Å². The first-order valence-corrected chi connectivity index (χ1v) is 8.37. The van der Waals surface area contributed by atoms with Crippen molar-refractivity contribution >= 4 is 10.0 Å². The topological polar surface area (TPSA) is 90.7 Å². The summed E-state index contributed by atoms with van der Waals surface area (Å²) in [6.45, 7) is 4.73. The molecule has 0 fully saturated rings. The molecule has 1 aromatic rings. The molecule has 0 aromatic heterocycles. The first kappa shape index (κ1) is 17.9. The van der Waals surface area contributed by atoms with Gasteiger partial charge in [-0.1, -0.05) is 0 Å². The lowest BCUT2D eigenvalue weighted by Gasteiger charge is -2.13. The number of nitrogens with two attached hydrogens (primary N) is 1. The van der Waals surface area contributed by atoms with E-state index < -0.39 is 10.0 Å². The third-order valence-corrected chi connectivity index (χ3v) is 4.38. The van der Waals surface area contributed by atoms with Crippen LogP contribution in [0.25, 0.3) is 0 Å². The first-order chi connectivity index (χ1) is 9.90. The highest BCUT2D eigenvalue weighted by molar-refractivity contribution is 7.89. The number of sulfonamides is 1. The third-order valence-electron chi connectivity index (χ3n) is 2.82. The summed E-state index contributed by atoms with van der Waals surface area (Å²) in [5.74, 6) is 0.612. The second kappa shape index (κ2) is 8.33. The van der Waals surface area contributed by atoms with Gasteiger partial charge in [0.15, 0.2) is 0 Å². The summed E-state index contributed by atoms with van der Waals surface area (Å²) in [7, 11) is -2.04. The standard InChI is InChI=1S/C14H24N2O4S/c1-11(2)20-9-8-16-21(17,18)14-5-4-13(19-3)10-12(14)6-7-15/h4-5,10-11,16H,6-9,15H2,1-3H3. The number of hydrogen-bond donors (Lipinski definition) is 2. The fraction of sp³-hybridized carbons (Fsp3) is 0.571. The fourth-order valence-electron chi connectivity index (χ4n) is 1.84. The predicted octanol–water partition coefficient (Wildman–Crippen LogP) is 0.900. The molecule has 0 saturated carbocycles. The van der Waals surface area contributed by atoms with Crippen molar-refractivity contribution in [1.82, 2.24) is 4.72 Å². The summed E-state index contributed by atoms with van der Waals surface area (Å²) in [6, 6.07) is 4.86. The molecule has 0 atom stereocenters. The second-order valence-electron chi connectivity index (χ2n) is 4.83. The van der Waals surface area contributed by atoms with Crippen molar-refractivity contribution in [3.8, 4) is 5.75 Å². The summed E-state index contributed by atoms with van der Waals surface area (Å²) in [5, 5.41) is 0. The molecule has 0 radical (unpaired) electrons. The molecule has 1 rings (SSSR count). The monoisotopic (exact) mass is 316 g/mol. The van der Waals surface area contributed by atoms with Crippen LogP contribution in [0.2, 0.25) is 0 Å². The lowest BCUT2D eigenvalue weighted by molar-refractivity contribution is 0.0834. The molecule has 0 spiro atoms. The highest BCUT2D eigenvalue weighted by atomic mass is 32.2. The van der Waals surface area contributed by atoms with E-state index in [-0.39, 0.29) is 17.5 Å². The number of hydrogen-bond acceptors (Lipinski definition) is 5. The maximum atomic E-state index is 12.3. The number of ether oxygens (including phenoxy) is 2. The molecule has 6 nitrogen and oxygen atoms in total. The van der Waals surface area contributed by atoms with Gasteiger partial charge < -0.3 is 15.2 Å². The van der Waals surface area contributed by atoms with E-state index in [1.807, 2.05) is 13.8 Å². The van der Waals surface area contributed by atoms with Crippen LogP contribution in [-0.4, -0.2) is 41.3 Å². The molecule has 120 valence electrons. The molecule has 0 bridgehead atoms. The zero-order chi connectivity index (χ0) is 15.9. The molecule has 0 aliphatic rings. The maximum absolute atomic E-state index is 12.3. The molecule has 7 heteroatoms.